The Morgan fingerprint density at radius 3 is 1.72 bits per heavy atom. The number of aromatic amines is 4. The zero-order chi connectivity index (χ0) is 35.6. The molecule has 4 aromatic carbocycles. The zero-order valence-corrected chi connectivity index (χ0v) is 28.4. The van der Waals surface area contributed by atoms with Crippen molar-refractivity contribution in [1.29, 1.82) is 0 Å². The molecule has 14 heteroatoms. The molecule has 0 unspecified atom stereocenters. The monoisotopic (exact) mass is 703 g/mol. The van der Waals surface area contributed by atoms with Crippen LogP contribution in [0.1, 0.15) is 36.0 Å². The topological polar surface area (TPSA) is 184 Å². The van der Waals surface area contributed by atoms with E-state index in [-0.39, 0.29) is 17.7 Å². The highest BCUT2D eigenvalue weighted by atomic mass is 16.2. The molecule has 53 heavy (non-hydrogen) atoms. The average molecular weight is 704 g/mol. The van der Waals surface area contributed by atoms with Crippen LogP contribution in [0.3, 0.4) is 0 Å². The predicted molar refractivity (Wildman–Crippen MR) is 200 cm³/mol. The van der Waals surface area contributed by atoms with Gasteiger partial charge in [0.15, 0.2) is 11.6 Å². The van der Waals surface area contributed by atoms with Crippen molar-refractivity contribution < 1.29 is 14.4 Å². The first-order chi connectivity index (χ1) is 25.9. The van der Waals surface area contributed by atoms with Crippen molar-refractivity contribution in [2.24, 2.45) is 0 Å². The smallest absolute Gasteiger partial charge is 0.254 e. The molecule has 2 aliphatic rings. The van der Waals surface area contributed by atoms with Crippen molar-refractivity contribution in [2.75, 3.05) is 18.4 Å². The lowest BCUT2D eigenvalue weighted by Crippen LogP contribution is -2.51. The number of likely N-dealkylation sites (tertiary alicyclic amines) is 2. The number of nitrogens with one attached hydrogen (secondary N) is 5. The fourth-order valence-electron chi connectivity index (χ4n) is 7.76. The average Bonchev–Trinajstić information content (AvgIpc) is 4.04. The van der Waals surface area contributed by atoms with Gasteiger partial charge in [-0.25, -0.2) is 19.9 Å². The molecule has 0 bridgehead atoms. The van der Waals surface area contributed by atoms with Crippen LogP contribution >= 0.6 is 0 Å². The molecule has 0 aliphatic carbocycles. The largest absolute Gasteiger partial charge is 0.329 e. The van der Waals surface area contributed by atoms with E-state index in [0.717, 1.165) is 55.0 Å². The number of hydrogen-bond acceptors (Lipinski definition) is 7. The highest BCUT2D eigenvalue weighted by Gasteiger charge is 2.42. The second-order valence-electron chi connectivity index (χ2n) is 13.8. The number of hydrogen-bond donors (Lipinski definition) is 5. The fourth-order valence-corrected chi connectivity index (χ4v) is 7.76. The van der Waals surface area contributed by atoms with Crippen molar-refractivity contribution in [3.05, 3.63) is 90.8 Å². The Labute approximate surface area is 301 Å². The summed E-state index contributed by atoms with van der Waals surface area (Å²) in [5.41, 5.74) is 7.82. The number of aromatic nitrogens is 8. The Hall–Kier alpha value is -6.83. The van der Waals surface area contributed by atoms with Gasteiger partial charge >= 0.3 is 0 Å². The van der Waals surface area contributed by atoms with Gasteiger partial charge in [-0.05, 0) is 86.3 Å². The van der Waals surface area contributed by atoms with Gasteiger partial charge in [0.05, 0.1) is 33.1 Å². The van der Waals surface area contributed by atoms with Gasteiger partial charge in [-0.1, -0.05) is 12.1 Å². The number of rotatable bonds is 6. The SMILES string of the molecule is O=C(Nc1ccc(-c2nc3cc4c[nH][nH]c4cc3n2)cc1)[C@@H]1CCCN1C(=O)[C@@H]1CCCN1C(=O)c1ccc(-c2nc3cc4c[nH][nH]c4cc3n2)cc1. The number of benzene rings is 4. The molecule has 14 nitrogen and oxygen atoms in total. The minimum Gasteiger partial charge on any atom is -0.329 e. The number of imidazole rings is 2. The maximum atomic E-state index is 14.0. The van der Waals surface area contributed by atoms with E-state index in [1.165, 1.54) is 0 Å². The quantitative estimate of drug-likeness (QED) is 0.146. The van der Waals surface area contributed by atoms with Crippen LogP contribution in [0.15, 0.2) is 85.2 Å². The molecule has 0 spiro atoms. The second kappa shape index (κ2) is 12.1. The molecule has 4 aromatic heterocycles. The van der Waals surface area contributed by atoms with E-state index in [1.807, 2.05) is 73.1 Å². The molecular formula is C39H33N11O3. The highest BCUT2D eigenvalue weighted by molar-refractivity contribution is 6.01. The van der Waals surface area contributed by atoms with Gasteiger partial charge < -0.3 is 35.5 Å². The normalized spacial score (nSPS) is 17.5. The summed E-state index contributed by atoms with van der Waals surface area (Å²) in [6.45, 7) is 0.951. The van der Waals surface area contributed by atoms with Crippen molar-refractivity contribution in [3.63, 3.8) is 0 Å². The van der Waals surface area contributed by atoms with Crippen molar-refractivity contribution in [3.8, 4) is 22.8 Å². The van der Waals surface area contributed by atoms with Crippen molar-refractivity contribution in [1.82, 2.24) is 50.1 Å². The van der Waals surface area contributed by atoms with Gasteiger partial charge in [-0.3, -0.25) is 14.4 Å². The summed E-state index contributed by atoms with van der Waals surface area (Å²) in [4.78, 5) is 63.4. The molecule has 0 saturated carbocycles. The Balaban J connectivity index is 0.805. The third-order valence-corrected chi connectivity index (χ3v) is 10.5. The van der Waals surface area contributed by atoms with Crippen LogP contribution in [-0.2, 0) is 9.59 Å². The first kappa shape index (κ1) is 30.9. The summed E-state index contributed by atoms with van der Waals surface area (Å²) in [7, 11) is 0. The Morgan fingerprint density at radius 2 is 1.13 bits per heavy atom. The Morgan fingerprint density at radius 1 is 0.623 bits per heavy atom. The van der Waals surface area contributed by atoms with Crippen LogP contribution in [0.2, 0.25) is 0 Å². The standard InChI is InChI=1S/C39H33N11O3/c51-37(42-26-11-9-22(10-12-26)36-44-30-16-25-20-41-48-28(25)18-32(30)46-36)33-3-1-13-49(33)39(53)34-4-2-14-50(34)38(52)23-7-5-21(6-8-23)35-43-29-15-24-19-40-47-27(24)17-31(29)45-35/h5-12,15-20,33-34,40-41,47-48H,1-4,13-14H2,(H,42,51)/t33-,34-/m0/s1. The number of anilines is 1. The van der Waals surface area contributed by atoms with E-state index in [4.69, 9.17) is 15.0 Å². The zero-order valence-electron chi connectivity index (χ0n) is 28.4. The van der Waals surface area contributed by atoms with E-state index >= 15 is 0 Å². The summed E-state index contributed by atoms with van der Waals surface area (Å²) in [5, 5.41) is 17.2. The van der Waals surface area contributed by atoms with Gasteiger partial charge in [-0.2, -0.15) is 0 Å². The van der Waals surface area contributed by atoms with Gasteiger partial charge in [0.1, 0.15) is 12.1 Å². The number of amides is 3. The highest BCUT2D eigenvalue weighted by Crippen LogP contribution is 2.30. The van der Waals surface area contributed by atoms with Gasteiger partial charge in [0, 0.05) is 58.6 Å². The van der Waals surface area contributed by atoms with E-state index in [1.54, 1.807) is 21.9 Å². The molecule has 3 amide bonds. The van der Waals surface area contributed by atoms with Crippen LogP contribution in [0, 0.1) is 0 Å². The van der Waals surface area contributed by atoms with Gasteiger partial charge in [-0.15, -0.1) is 0 Å². The number of fused-ring (bicyclic) bond motifs is 4. The predicted octanol–water partition coefficient (Wildman–Crippen LogP) is 5.76. The van der Waals surface area contributed by atoms with Crippen LogP contribution < -0.4 is 5.32 Å². The maximum absolute atomic E-state index is 14.0. The Bertz CT molecular complexity index is 2610. The third kappa shape index (κ3) is 5.37. The molecule has 0 radical (unpaired) electrons. The van der Waals surface area contributed by atoms with Crippen LogP contribution in [0.25, 0.3) is 66.6 Å². The lowest BCUT2D eigenvalue weighted by molar-refractivity contribution is -0.139. The number of carbonyl (C=O) groups is 3. The van der Waals surface area contributed by atoms with Crippen molar-refractivity contribution in [2.45, 2.75) is 37.8 Å². The summed E-state index contributed by atoms with van der Waals surface area (Å²) in [5.74, 6) is 0.568. The lowest BCUT2D eigenvalue weighted by atomic mass is 10.1. The van der Waals surface area contributed by atoms with Crippen LogP contribution in [-0.4, -0.2) is 93.0 Å². The van der Waals surface area contributed by atoms with E-state index < -0.39 is 12.1 Å². The summed E-state index contributed by atoms with van der Waals surface area (Å²) in [6.07, 6.45) is 6.31. The fraction of sp³-hybridized carbons (Fsp3) is 0.205. The first-order valence-electron chi connectivity index (χ1n) is 17.7. The molecule has 262 valence electrons. The number of H-pyrrole nitrogens is 4. The lowest BCUT2D eigenvalue weighted by Gasteiger charge is -2.31. The molecule has 10 rings (SSSR count). The molecule has 2 atom stereocenters. The van der Waals surface area contributed by atoms with Crippen LogP contribution in [0.5, 0.6) is 0 Å². The first-order valence-corrected chi connectivity index (χ1v) is 17.7. The molecule has 6 heterocycles. The van der Waals surface area contributed by atoms with E-state index in [2.05, 4.69) is 30.7 Å². The summed E-state index contributed by atoms with van der Waals surface area (Å²) < 4.78 is 0. The Kier molecular flexibility index (Phi) is 7.09. The van der Waals surface area contributed by atoms with Gasteiger partial charge in [0.2, 0.25) is 11.8 Å². The third-order valence-electron chi connectivity index (χ3n) is 10.5. The van der Waals surface area contributed by atoms with Gasteiger partial charge in [0.25, 0.3) is 5.91 Å². The maximum Gasteiger partial charge on any atom is 0.254 e. The molecule has 2 aliphatic heterocycles. The molecular weight excluding hydrogens is 671 g/mol. The molecule has 5 N–H and O–H groups in total. The minimum absolute atomic E-state index is 0.179. The summed E-state index contributed by atoms with van der Waals surface area (Å²) in [6, 6.07) is 21.3. The molecule has 2 saturated heterocycles. The number of carbonyl (C=O) groups excluding carboxylic acids is 3. The van der Waals surface area contributed by atoms with Crippen LogP contribution in [0.4, 0.5) is 5.69 Å². The minimum atomic E-state index is -0.619. The van der Waals surface area contributed by atoms with E-state index in [9.17, 15) is 14.4 Å². The van der Waals surface area contributed by atoms with E-state index in [0.29, 0.717) is 61.7 Å². The molecule has 2 fully saturated rings. The summed E-state index contributed by atoms with van der Waals surface area (Å²) >= 11 is 0. The number of nitrogens with zero attached hydrogens (tertiary/aromatic N) is 6. The van der Waals surface area contributed by atoms with Crippen molar-refractivity contribution >= 4 is 67.3 Å². The molecule has 8 aromatic rings. The second-order valence-corrected chi connectivity index (χ2v) is 13.8.